The fraction of sp³-hybridized carbons (Fsp3) is 0.167. The van der Waals surface area contributed by atoms with Crippen LogP contribution in [-0.4, -0.2) is 22.8 Å². The normalized spacial score (nSPS) is 16.1. The standard InChI is InChI=1S/C18H14BrFN2O4/c1-10(23)22-18(12-3-6-14(20)7-4-12)26-17(21-22)15-9-13(19)5-8-16(15)25-11(2)24/h3-9,18H,1-2H3/t18-/m0/s1. The Morgan fingerprint density at radius 3 is 2.50 bits per heavy atom. The Bertz CT molecular complexity index is 899. The van der Waals surface area contributed by atoms with Crippen LogP contribution in [0.3, 0.4) is 0 Å². The van der Waals surface area contributed by atoms with Gasteiger partial charge in [-0.3, -0.25) is 9.59 Å². The summed E-state index contributed by atoms with van der Waals surface area (Å²) in [6, 6.07) is 10.6. The van der Waals surface area contributed by atoms with E-state index in [0.717, 1.165) is 5.01 Å². The molecule has 1 atom stereocenters. The van der Waals surface area contributed by atoms with E-state index in [4.69, 9.17) is 9.47 Å². The zero-order valence-corrected chi connectivity index (χ0v) is 15.5. The van der Waals surface area contributed by atoms with Crippen molar-refractivity contribution in [1.82, 2.24) is 5.01 Å². The molecule has 0 saturated heterocycles. The van der Waals surface area contributed by atoms with Gasteiger partial charge in [-0.15, -0.1) is 5.10 Å². The molecule has 8 heteroatoms. The van der Waals surface area contributed by atoms with Crippen molar-refractivity contribution in [2.75, 3.05) is 0 Å². The zero-order valence-electron chi connectivity index (χ0n) is 13.9. The van der Waals surface area contributed by atoms with Crippen LogP contribution in [0.5, 0.6) is 5.75 Å². The summed E-state index contributed by atoms with van der Waals surface area (Å²) in [5.41, 5.74) is 0.967. The zero-order chi connectivity index (χ0) is 18.8. The van der Waals surface area contributed by atoms with Gasteiger partial charge in [-0.05, 0) is 30.3 Å². The molecule has 2 aromatic rings. The quantitative estimate of drug-likeness (QED) is 0.559. The Balaban J connectivity index is 2.00. The van der Waals surface area contributed by atoms with E-state index in [9.17, 15) is 14.0 Å². The summed E-state index contributed by atoms with van der Waals surface area (Å²) in [4.78, 5) is 23.3. The van der Waals surface area contributed by atoms with Gasteiger partial charge in [0.2, 0.25) is 18.0 Å². The molecule has 0 aromatic heterocycles. The highest BCUT2D eigenvalue weighted by molar-refractivity contribution is 9.10. The Morgan fingerprint density at radius 2 is 1.88 bits per heavy atom. The molecule has 1 aliphatic heterocycles. The maximum absolute atomic E-state index is 13.2. The molecule has 0 bridgehead atoms. The maximum Gasteiger partial charge on any atom is 0.308 e. The first-order valence-corrected chi connectivity index (χ1v) is 8.43. The summed E-state index contributed by atoms with van der Waals surface area (Å²) < 4.78 is 24.9. The lowest BCUT2D eigenvalue weighted by Crippen LogP contribution is -2.25. The fourth-order valence-electron chi connectivity index (χ4n) is 2.43. The van der Waals surface area contributed by atoms with Crippen LogP contribution in [0.4, 0.5) is 4.39 Å². The molecule has 3 rings (SSSR count). The summed E-state index contributed by atoms with van der Waals surface area (Å²) >= 11 is 3.35. The smallest absolute Gasteiger partial charge is 0.308 e. The van der Waals surface area contributed by atoms with Gasteiger partial charge in [0.15, 0.2) is 0 Å². The predicted molar refractivity (Wildman–Crippen MR) is 94.7 cm³/mol. The third-order valence-corrected chi connectivity index (χ3v) is 4.04. The molecular formula is C18H14BrFN2O4. The maximum atomic E-state index is 13.2. The van der Waals surface area contributed by atoms with Gasteiger partial charge in [-0.25, -0.2) is 4.39 Å². The lowest BCUT2D eigenvalue weighted by atomic mass is 10.2. The molecule has 1 amide bonds. The van der Waals surface area contributed by atoms with Gasteiger partial charge in [-0.1, -0.05) is 28.1 Å². The van der Waals surface area contributed by atoms with Gasteiger partial charge >= 0.3 is 5.97 Å². The van der Waals surface area contributed by atoms with Gasteiger partial charge < -0.3 is 9.47 Å². The van der Waals surface area contributed by atoms with Crippen LogP contribution in [0.2, 0.25) is 0 Å². The number of halogens is 2. The number of benzene rings is 2. The van der Waals surface area contributed by atoms with Crippen LogP contribution in [0.25, 0.3) is 0 Å². The van der Waals surface area contributed by atoms with E-state index >= 15 is 0 Å². The molecule has 0 saturated carbocycles. The molecule has 0 aliphatic carbocycles. The summed E-state index contributed by atoms with van der Waals surface area (Å²) in [6.45, 7) is 2.63. The molecule has 0 radical (unpaired) electrons. The van der Waals surface area contributed by atoms with E-state index in [1.165, 1.54) is 38.1 Å². The number of carbonyl (C=O) groups is 2. The van der Waals surface area contributed by atoms with Crippen LogP contribution >= 0.6 is 15.9 Å². The Labute approximate surface area is 157 Å². The van der Waals surface area contributed by atoms with Crippen LogP contribution in [0.15, 0.2) is 52.0 Å². The third kappa shape index (κ3) is 3.75. The minimum atomic E-state index is -0.841. The molecule has 6 nitrogen and oxygen atoms in total. The van der Waals surface area contributed by atoms with Crippen molar-refractivity contribution in [3.05, 3.63) is 63.9 Å². The molecule has 134 valence electrons. The summed E-state index contributed by atoms with van der Waals surface area (Å²) in [7, 11) is 0. The first-order valence-electron chi connectivity index (χ1n) is 7.64. The second-order valence-electron chi connectivity index (χ2n) is 5.52. The predicted octanol–water partition coefficient (Wildman–Crippen LogP) is 3.75. The topological polar surface area (TPSA) is 68.2 Å². The SMILES string of the molecule is CC(=O)Oc1ccc(Br)cc1C1=NN(C(C)=O)[C@H](c2ccc(F)cc2)O1. The number of hydrazone groups is 1. The molecule has 0 unspecified atom stereocenters. The van der Waals surface area contributed by atoms with Crippen molar-refractivity contribution < 1.29 is 23.5 Å². The second-order valence-corrected chi connectivity index (χ2v) is 6.44. The number of ether oxygens (including phenoxy) is 2. The molecular weight excluding hydrogens is 407 g/mol. The monoisotopic (exact) mass is 420 g/mol. The number of nitrogens with zero attached hydrogens (tertiary/aromatic N) is 2. The van der Waals surface area contributed by atoms with Crippen LogP contribution < -0.4 is 4.74 Å². The number of carbonyl (C=O) groups excluding carboxylic acids is 2. The van der Waals surface area contributed by atoms with Gasteiger partial charge in [0.25, 0.3) is 0 Å². The number of rotatable bonds is 3. The molecule has 1 heterocycles. The van der Waals surface area contributed by atoms with E-state index in [2.05, 4.69) is 21.0 Å². The molecule has 0 spiro atoms. The van der Waals surface area contributed by atoms with Gasteiger partial charge in [0, 0.05) is 23.9 Å². The van der Waals surface area contributed by atoms with Crippen molar-refractivity contribution in [3.63, 3.8) is 0 Å². The van der Waals surface area contributed by atoms with Crippen molar-refractivity contribution in [3.8, 4) is 5.75 Å². The lowest BCUT2D eigenvalue weighted by molar-refractivity contribution is -0.135. The summed E-state index contributed by atoms with van der Waals surface area (Å²) in [5, 5.41) is 5.37. The Kier molecular flexibility index (Phi) is 5.03. The fourth-order valence-corrected chi connectivity index (χ4v) is 2.79. The highest BCUT2D eigenvalue weighted by Gasteiger charge is 2.34. The Hall–Kier alpha value is -2.74. The van der Waals surface area contributed by atoms with Crippen LogP contribution in [0.1, 0.15) is 31.2 Å². The first kappa shape index (κ1) is 18.1. The van der Waals surface area contributed by atoms with Crippen molar-refractivity contribution in [2.45, 2.75) is 20.1 Å². The largest absolute Gasteiger partial charge is 0.446 e. The number of hydrogen-bond acceptors (Lipinski definition) is 5. The van der Waals surface area contributed by atoms with Crippen molar-refractivity contribution in [1.29, 1.82) is 0 Å². The van der Waals surface area contributed by atoms with E-state index < -0.39 is 18.0 Å². The van der Waals surface area contributed by atoms with Crippen molar-refractivity contribution in [2.24, 2.45) is 5.10 Å². The van der Waals surface area contributed by atoms with E-state index in [1.807, 2.05) is 0 Å². The molecule has 0 fully saturated rings. The minimum absolute atomic E-state index is 0.118. The number of hydrogen-bond donors (Lipinski definition) is 0. The number of amides is 1. The van der Waals surface area contributed by atoms with E-state index in [-0.39, 0.29) is 17.6 Å². The average Bonchev–Trinajstić information content (AvgIpc) is 3.02. The average molecular weight is 421 g/mol. The van der Waals surface area contributed by atoms with E-state index in [1.54, 1.807) is 18.2 Å². The van der Waals surface area contributed by atoms with Gasteiger partial charge in [0.05, 0.1) is 5.56 Å². The van der Waals surface area contributed by atoms with E-state index in [0.29, 0.717) is 15.6 Å². The van der Waals surface area contributed by atoms with Gasteiger partial charge in [0.1, 0.15) is 11.6 Å². The third-order valence-electron chi connectivity index (χ3n) is 3.55. The van der Waals surface area contributed by atoms with Crippen molar-refractivity contribution >= 4 is 33.7 Å². The molecule has 1 aliphatic rings. The minimum Gasteiger partial charge on any atom is -0.446 e. The Morgan fingerprint density at radius 1 is 1.19 bits per heavy atom. The molecule has 2 aromatic carbocycles. The molecule has 0 N–H and O–H groups in total. The summed E-state index contributed by atoms with van der Waals surface area (Å²) in [5.74, 6) is -0.870. The second kappa shape index (κ2) is 7.25. The van der Waals surface area contributed by atoms with Crippen LogP contribution in [0, 0.1) is 5.82 Å². The highest BCUT2D eigenvalue weighted by atomic mass is 79.9. The lowest BCUT2D eigenvalue weighted by Gasteiger charge is -2.19. The van der Waals surface area contributed by atoms with Gasteiger partial charge in [-0.2, -0.15) is 5.01 Å². The molecule has 26 heavy (non-hydrogen) atoms. The first-order chi connectivity index (χ1) is 12.3. The number of esters is 1. The highest BCUT2D eigenvalue weighted by Crippen LogP contribution is 2.34. The van der Waals surface area contributed by atoms with Crippen LogP contribution in [-0.2, 0) is 14.3 Å². The summed E-state index contributed by atoms with van der Waals surface area (Å²) in [6.07, 6.45) is -0.841.